The predicted molar refractivity (Wildman–Crippen MR) is 243 cm³/mol. The average molecular weight is 1020 g/mol. The maximum Gasteiger partial charge on any atom is 0.419 e. The highest BCUT2D eigenvalue weighted by Crippen LogP contribution is 2.41. The van der Waals surface area contributed by atoms with Crippen molar-refractivity contribution in [2.45, 2.75) is 52.1 Å². The number of hydrogen-bond acceptors (Lipinski definition) is 10. The Kier molecular flexibility index (Phi) is 16.5. The summed E-state index contributed by atoms with van der Waals surface area (Å²) in [5.74, 6) is -5.46. The molecule has 5 aromatic carbocycles. The van der Waals surface area contributed by atoms with Crippen LogP contribution in [0.2, 0.25) is 20.1 Å². The monoisotopic (exact) mass is 1020 g/mol. The largest absolute Gasteiger partial charge is 0.419 e. The number of azo groups is 2. The molecule has 0 saturated carbocycles. The molecular weight excluding hydrogens is 992 g/mol. The number of carbonyl (C=O) groups excluding carboxylic acids is 6. The number of amides is 4. The summed E-state index contributed by atoms with van der Waals surface area (Å²) >= 11 is 23.8. The zero-order valence-electron chi connectivity index (χ0n) is 35.3. The third-order valence-electron chi connectivity index (χ3n) is 9.31. The van der Waals surface area contributed by atoms with Crippen molar-refractivity contribution in [2.24, 2.45) is 20.5 Å². The molecule has 4 amide bonds. The quantitative estimate of drug-likeness (QED) is 0.0484. The molecule has 0 aliphatic rings. The number of alkyl halides is 6. The highest BCUT2D eigenvalue weighted by Gasteiger charge is 2.38. The van der Waals surface area contributed by atoms with Crippen LogP contribution < -0.4 is 21.3 Å². The first-order valence-corrected chi connectivity index (χ1v) is 20.8. The molecule has 24 heteroatoms. The molecule has 0 radical (unpaired) electrons. The summed E-state index contributed by atoms with van der Waals surface area (Å²) in [5, 5.41) is 23.4. The van der Waals surface area contributed by atoms with Gasteiger partial charge in [0, 0.05) is 32.5 Å². The molecule has 0 aliphatic carbocycles. The van der Waals surface area contributed by atoms with E-state index in [1.807, 2.05) is 0 Å². The SMILES string of the molecule is CC(=O)C(N=Nc1cc(Cl)cc(C(=O)Nc2cccc(Cl)c2C(F)(F)F)c1)C(=O)Nc1cc(C)c(NC(=O)C(N=Nc2cc(Cl)cc(C(=O)Nc3cccc(Cl)c3C(F)(F)F)c2)C(C)=O)cc1C. The van der Waals surface area contributed by atoms with Crippen molar-refractivity contribution < 1.29 is 55.1 Å². The molecule has 0 saturated heterocycles. The van der Waals surface area contributed by atoms with E-state index in [0.29, 0.717) is 11.1 Å². The van der Waals surface area contributed by atoms with E-state index >= 15 is 0 Å². The van der Waals surface area contributed by atoms with Crippen molar-refractivity contribution in [3.05, 3.63) is 138 Å². The summed E-state index contributed by atoms with van der Waals surface area (Å²) in [6.07, 6.45) is -9.80. The Morgan fingerprint density at radius 2 is 0.853 bits per heavy atom. The average Bonchev–Trinajstić information content (AvgIpc) is 3.21. The van der Waals surface area contributed by atoms with Crippen LogP contribution in [0.25, 0.3) is 0 Å². The maximum atomic E-state index is 13.7. The van der Waals surface area contributed by atoms with Crippen molar-refractivity contribution in [3.63, 3.8) is 0 Å². The molecule has 14 nitrogen and oxygen atoms in total. The number of aryl methyl sites for hydroxylation is 2. The first-order chi connectivity index (χ1) is 31.7. The highest BCUT2D eigenvalue weighted by molar-refractivity contribution is 6.33. The van der Waals surface area contributed by atoms with Gasteiger partial charge >= 0.3 is 12.4 Å². The third kappa shape index (κ3) is 13.2. The number of hydrogen-bond donors (Lipinski definition) is 4. The molecule has 5 rings (SSSR count). The minimum atomic E-state index is -4.90. The normalized spacial score (nSPS) is 12.7. The van der Waals surface area contributed by atoms with Crippen LogP contribution in [0.3, 0.4) is 0 Å². The summed E-state index contributed by atoms with van der Waals surface area (Å²) in [6, 6.07) is 12.7. The number of nitrogens with zero attached hydrogens (tertiary/aromatic N) is 4. The minimum absolute atomic E-state index is 0.0866. The smallest absolute Gasteiger partial charge is 0.324 e. The first-order valence-electron chi connectivity index (χ1n) is 19.2. The Morgan fingerprint density at radius 3 is 1.18 bits per heavy atom. The van der Waals surface area contributed by atoms with Gasteiger partial charge in [0.2, 0.25) is 12.1 Å². The predicted octanol–water partition coefficient (Wildman–Crippen LogP) is 12.8. The second-order valence-corrected chi connectivity index (χ2v) is 16.2. The van der Waals surface area contributed by atoms with Gasteiger partial charge in [0.05, 0.1) is 43.9 Å². The minimum Gasteiger partial charge on any atom is -0.324 e. The molecule has 0 aliphatic heterocycles. The molecule has 0 aromatic heterocycles. The fraction of sp³-hybridized carbons (Fsp3) is 0.182. The second kappa shape index (κ2) is 21.5. The van der Waals surface area contributed by atoms with Crippen LogP contribution in [0.5, 0.6) is 0 Å². The molecule has 0 heterocycles. The molecule has 2 atom stereocenters. The van der Waals surface area contributed by atoms with E-state index in [0.717, 1.165) is 62.4 Å². The maximum absolute atomic E-state index is 13.7. The lowest BCUT2D eigenvalue weighted by Gasteiger charge is -2.16. The molecule has 0 spiro atoms. The summed E-state index contributed by atoms with van der Waals surface area (Å²) < 4.78 is 81.9. The number of carbonyl (C=O) groups is 6. The molecule has 0 fully saturated rings. The lowest BCUT2D eigenvalue weighted by atomic mass is 10.1. The van der Waals surface area contributed by atoms with Gasteiger partial charge in [-0.2, -0.15) is 46.8 Å². The van der Waals surface area contributed by atoms with Gasteiger partial charge in [-0.05, 0) is 112 Å². The summed E-state index contributed by atoms with van der Waals surface area (Å²) in [4.78, 5) is 78.0. The van der Waals surface area contributed by atoms with Crippen molar-refractivity contribution >= 4 is 116 Å². The summed E-state index contributed by atoms with van der Waals surface area (Å²) in [7, 11) is 0. The summed E-state index contributed by atoms with van der Waals surface area (Å²) in [6.45, 7) is 5.20. The van der Waals surface area contributed by atoms with Crippen LogP contribution in [-0.4, -0.2) is 47.3 Å². The highest BCUT2D eigenvalue weighted by atomic mass is 35.5. The van der Waals surface area contributed by atoms with Gasteiger partial charge in [0.1, 0.15) is 0 Å². The van der Waals surface area contributed by atoms with E-state index < -0.39 is 92.2 Å². The van der Waals surface area contributed by atoms with Crippen LogP contribution in [-0.2, 0) is 31.5 Å². The Bertz CT molecular complexity index is 2740. The third-order valence-corrected chi connectivity index (χ3v) is 10.4. The molecule has 68 heavy (non-hydrogen) atoms. The number of anilines is 4. The Morgan fingerprint density at radius 1 is 0.500 bits per heavy atom. The van der Waals surface area contributed by atoms with Crippen LogP contribution in [0, 0.1) is 13.8 Å². The van der Waals surface area contributed by atoms with E-state index in [4.69, 9.17) is 46.4 Å². The Hall–Kier alpha value is -6.74. The fourth-order valence-corrected chi connectivity index (χ4v) is 7.14. The van der Waals surface area contributed by atoms with Gasteiger partial charge in [-0.3, -0.25) is 28.8 Å². The molecule has 0 bridgehead atoms. The van der Waals surface area contributed by atoms with Gasteiger partial charge in [-0.25, -0.2) is 0 Å². The van der Waals surface area contributed by atoms with Gasteiger partial charge in [-0.1, -0.05) is 58.5 Å². The number of benzene rings is 5. The second-order valence-electron chi connectivity index (χ2n) is 14.5. The van der Waals surface area contributed by atoms with Crippen LogP contribution in [0.15, 0.2) is 105 Å². The number of halogens is 10. The van der Waals surface area contributed by atoms with Gasteiger partial charge in [-0.15, -0.1) is 0 Å². The van der Waals surface area contributed by atoms with Crippen LogP contribution in [0.4, 0.5) is 60.5 Å². The van der Waals surface area contributed by atoms with Crippen molar-refractivity contribution in [1.82, 2.24) is 0 Å². The van der Waals surface area contributed by atoms with Crippen molar-refractivity contribution in [3.8, 4) is 0 Å². The van der Waals surface area contributed by atoms with Crippen molar-refractivity contribution in [1.29, 1.82) is 0 Å². The van der Waals surface area contributed by atoms with Crippen molar-refractivity contribution in [2.75, 3.05) is 21.3 Å². The number of rotatable bonds is 14. The first kappa shape index (κ1) is 52.2. The van der Waals surface area contributed by atoms with E-state index in [1.165, 1.54) is 36.4 Å². The lowest BCUT2D eigenvalue weighted by Crippen LogP contribution is -2.32. The number of nitrogens with one attached hydrogen (secondary N) is 4. The van der Waals surface area contributed by atoms with E-state index in [1.54, 1.807) is 13.8 Å². The van der Waals surface area contributed by atoms with E-state index in [-0.39, 0.29) is 43.9 Å². The zero-order chi connectivity index (χ0) is 50.4. The van der Waals surface area contributed by atoms with E-state index in [2.05, 4.69) is 41.7 Å². The molecule has 5 aromatic rings. The van der Waals surface area contributed by atoms with Gasteiger partial charge in [0.15, 0.2) is 11.6 Å². The van der Waals surface area contributed by atoms with Gasteiger partial charge < -0.3 is 21.3 Å². The fourth-order valence-electron chi connectivity index (χ4n) is 6.12. The van der Waals surface area contributed by atoms with E-state index in [9.17, 15) is 55.1 Å². The standard InChI is InChI=1S/C44H32Cl4F6N8O6/c1-19-11-34(58-42(68)38(22(4)64)62-60-28-16-24(14-26(46)18-28)40(66)56-32-10-6-8-30(48)36(32)44(52,53)54)20(2)12-33(19)57-41(67)37(21(3)63)61-59-27-15-23(13-25(45)17-27)39(65)55-31-9-5-7-29(47)35(31)43(49,50)51/h5-18,37-38H,1-4H3,(H,55,65)(H,56,66)(H,57,67)(H,58,68). The Balaban J connectivity index is 1.28. The molecular formula is C44H32Cl4F6N8O6. The summed E-state index contributed by atoms with van der Waals surface area (Å²) in [5.41, 5.74) is -3.53. The Labute approximate surface area is 401 Å². The van der Waals surface area contributed by atoms with Crippen LogP contribution in [0.1, 0.15) is 56.8 Å². The number of Topliss-reactive ketones (excluding diaryl/α,β-unsaturated/α-hetero) is 2. The van der Waals surface area contributed by atoms with Gasteiger partial charge in [0.25, 0.3) is 23.6 Å². The van der Waals surface area contributed by atoms with Crippen LogP contribution >= 0.6 is 46.4 Å². The topological polar surface area (TPSA) is 200 Å². The number of ketones is 2. The molecule has 354 valence electrons. The lowest BCUT2D eigenvalue weighted by molar-refractivity contribution is -0.137. The zero-order valence-corrected chi connectivity index (χ0v) is 38.3. The molecule has 2 unspecified atom stereocenters. The molecule has 4 N–H and O–H groups in total.